The van der Waals surface area contributed by atoms with E-state index >= 15 is 0 Å². The van der Waals surface area contributed by atoms with Crippen molar-refractivity contribution in [2.45, 2.75) is 6.92 Å². The molecule has 0 bridgehead atoms. The monoisotopic (exact) mass is 283 g/mol. The zero-order valence-corrected chi connectivity index (χ0v) is 15.7. The lowest BCUT2D eigenvalue weighted by Crippen LogP contribution is -1.96. The molecule has 0 fully saturated rings. The molecule has 92 valence electrons. The second kappa shape index (κ2) is 8.09. The van der Waals surface area contributed by atoms with Gasteiger partial charge in [0, 0.05) is 11.8 Å². The van der Waals surface area contributed by atoms with Gasteiger partial charge in [-0.15, -0.1) is 5.10 Å². The van der Waals surface area contributed by atoms with E-state index in [1.165, 1.54) is 5.56 Å². The van der Waals surface area contributed by atoms with Gasteiger partial charge in [-0.2, -0.15) is 0 Å². The summed E-state index contributed by atoms with van der Waals surface area (Å²) in [6, 6.07) is 8.19. The first kappa shape index (κ1) is 14.0. The van der Waals surface area contributed by atoms with Crippen LogP contribution in [-0.2, 0) is 8.23 Å². The van der Waals surface area contributed by atoms with Gasteiger partial charge in [0.05, 0.1) is 0 Å². The number of aromatic amines is 1. The van der Waals surface area contributed by atoms with Crippen LogP contribution in [0.2, 0.25) is 0 Å². The standard InChI is InChI=1S/C9H9N3.H8O2Si3/c1-7-2-4-8(5-3-7)9-6-10-12-11-9;3-1-5-2-4/h2-6H,1H3,(H,10,11,12);5H2,3-4H3. The first-order valence-electron chi connectivity index (χ1n) is 5.19. The molecule has 1 N–H and O–H groups in total. The third-order valence-electron chi connectivity index (χ3n) is 2.00. The number of aryl methyl sites for hydroxylation is 1. The summed E-state index contributed by atoms with van der Waals surface area (Å²) < 4.78 is 9.56. The van der Waals surface area contributed by atoms with Crippen molar-refractivity contribution in [2.75, 3.05) is 0 Å². The van der Waals surface area contributed by atoms with Gasteiger partial charge in [-0.05, 0) is 6.92 Å². The molecule has 2 rings (SSSR count). The molecular weight excluding hydrogens is 266 g/mol. The minimum atomic E-state index is -0.444. The molecule has 0 unspecified atom stereocenters. The fourth-order valence-electron chi connectivity index (χ4n) is 1.18. The van der Waals surface area contributed by atoms with Crippen LogP contribution in [0.5, 0.6) is 0 Å². The van der Waals surface area contributed by atoms with Gasteiger partial charge in [-0.3, -0.25) is 5.10 Å². The van der Waals surface area contributed by atoms with Crippen molar-refractivity contribution in [1.29, 1.82) is 0 Å². The van der Waals surface area contributed by atoms with Crippen molar-refractivity contribution in [3.8, 4) is 11.3 Å². The van der Waals surface area contributed by atoms with E-state index in [0.29, 0.717) is 0 Å². The molecular formula is C9H17N3O2Si3. The number of aromatic nitrogens is 3. The lowest BCUT2D eigenvalue weighted by molar-refractivity contribution is 0.513. The highest BCUT2D eigenvalue weighted by Crippen LogP contribution is 2.14. The summed E-state index contributed by atoms with van der Waals surface area (Å²) in [4.78, 5) is 0. The molecule has 0 radical (unpaired) electrons. The second-order valence-electron chi connectivity index (χ2n) is 3.42. The van der Waals surface area contributed by atoms with E-state index in [4.69, 9.17) is 8.23 Å². The average molecular weight is 284 g/mol. The molecule has 0 aliphatic heterocycles. The zero-order chi connectivity index (χ0) is 12.5. The Hall–Kier alpha value is -1.07. The van der Waals surface area contributed by atoms with Crippen LogP contribution in [-0.4, -0.2) is 46.4 Å². The number of benzene rings is 1. The van der Waals surface area contributed by atoms with Crippen LogP contribution in [0.15, 0.2) is 30.5 Å². The van der Waals surface area contributed by atoms with Crippen LogP contribution in [0.25, 0.3) is 11.3 Å². The summed E-state index contributed by atoms with van der Waals surface area (Å²) in [5, 5.41) is 10.2. The molecule has 0 aliphatic carbocycles. The maximum absolute atomic E-state index is 4.78. The van der Waals surface area contributed by atoms with Crippen molar-refractivity contribution in [3.63, 3.8) is 0 Å². The van der Waals surface area contributed by atoms with Crippen molar-refractivity contribution in [3.05, 3.63) is 36.0 Å². The predicted octanol–water partition coefficient (Wildman–Crippen LogP) is -1.64. The van der Waals surface area contributed by atoms with Gasteiger partial charge in [0.1, 0.15) is 26.7 Å². The number of hydrogen-bond acceptors (Lipinski definition) is 4. The fourth-order valence-corrected chi connectivity index (χ4v) is 4.25. The molecule has 2 aromatic rings. The van der Waals surface area contributed by atoms with Gasteiger partial charge in [-0.1, -0.05) is 35.0 Å². The van der Waals surface area contributed by atoms with Crippen LogP contribution in [0.1, 0.15) is 5.56 Å². The Bertz CT molecular complexity index is 406. The van der Waals surface area contributed by atoms with E-state index in [1.54, 1.807) is 6.20 Å². The van der Waals surface area contributed by atoms with E-state index in [0.717, 1.165) is 32.2 Å². The number of nitrogens with one attached hydrogen (secondary N) is 1. The Morgan fingerprint density at radius 2 is 1.82 bits per heavy atom. The lowest BCUT2D eigenvalue weighted by atomic mass is 10.1. The number of H-pyrrole nitrogens is 1. The summed E-state index contributed by atoms with van der Waals surface area (Å²) in [5.74, 6) is 0. The van der Waals surface area contributed by atoms with Gasteiger partial charge < -0.3 is 8.23 Å². The Labute approximate surface area is 109 Å². The number of hydrogen-bond donors (Lipinski definition) is 1. The molecule has 1 aromatic heterocycles. The van der Waals surface area contributed by atoms with E-state index in [9.17, 15) is 0 Å². The zero-order valence-electron chi connectivity index (χ0n) is 10.3. The maximum atomic E-state index is 4.78. The highest BCUT2D eigenvalue weighted by molar-refractivity contribution is 6.33. The Morgan fingerprint density at radius 1 is 1.18 bits per heavy atom. The van der Waals surface area contributed by atoms with Crippen molar-refractivity contribution >= 4 is 31.0 Å². The van der Waals surface area contributed by atoms with Crippen molar-refractivity contribution in [1.82, 2.24) is 15.4 Å². The van der Waals surface area contributed by atoms with Crippen LogP contribution in [0.4, 0.5) is 0 Å². The van der Waals surface area contributed by atoms with Crippen LogP contribution in [0.3, 0.4) is 0 Å². The van der Waals surface area contributed by atoms with Gasteiger partial charge in [0.25, 0.3) is 10.0 Å². The maximum Gasteiger partial charge on any atom is 0.282 e. The molecule has 0 saturated carbocycles. The van der Waals surface area contributed by atoms with E-state index in [2.05, 4.69) is 34.5 Å². The van der Waals surface area contributed by atoms with Crippen molar-refractivity contribution < 1.29 is 8.23 Å². The summed E-state index contributed by atoms with van der Waals surface area (Å²) in [5.41, 5.74) is 3.23. The Kier molecular flexibility index (Phi) is 6.66. The highest BCUT2D eigenvalue weighted by Gasteiger charge is 1.97. The van der Waals surface area contributed by atoms with E-state index in [1.807, 2.05) is 12.1 Å². The molecule has 0 amide bonds. The first-order chi connectivity index (χ1) is 8.27. The number of rotatable bonds is 3. The highest BCUT2D eigenvalue weighted by atomic mass is 28.3. The summed E-state index contributed by atoms with van der Waals surface area (Å²) >= 11 is 0. The molecule has 0 aliphatic rings. The van der Waals surface area contributed by atoms with Crippen LogP contribution < -0.4 is 0 Å². The Balaban J connectivity index is 0.000000249. The SMILES string of the molecule is Cc1ccc(-c2c[nH]nn2)cc1.[SiH3]O[SiH2]O[SiH3]. The van der Waals surface area contributed by atoms with Gasteiger partial charge in [-0.25, -0.2) is 0 Å². The molecule has 8 heteroatoms. The minimum absolute atomic E-state index is 0.444. The van der Waals surface area contributed by atoms with Gasteiger partial charge >= 0.3 is 0 Å². The smallest absolute Gasteiger partial charge is 0.282 e. The van der Waals surface area contributed by atoms with Crippen LogP contribution >= 0.6 is 0 Å². The lowest BCUT2D eigenvalue weighted by Gasteiger charge is -1.94. The van der Waals surface area contributed by atoms with Gasteiger partial charge in [0.2, 0.25) is 0 Å². The quantitative estimate of drug-likeness (QED) is 0.687. The molecule has 0 spiro atoms. The first-order valence-corrected chi connectivity index (χ1v) is 7.98. The number of nitrogens with zero attached hydrogens (tertiary/aromatic N) is 2. The third-order valence-corrected chi connectivity index (χ3v) is 3.89. The van der Waals surface area contributed by atoms with Crippen molar-refractivity contribution in [2.24, 2.45) is 0 Å². The minimum Gasteiger partial charge on any atom is -0.449 e. The average Bonchev–Trinajstić information content (AvgIpc) is 2.85. The fraction of sp³-hybridized carbons (Fsp3) is 0.111. The third kappa shape index (κ3) is 5.19. The molecule has 1 heterocycles. The largest absolute Gasteiger partial charge is 0.449 e. The summed E-state index contributed by atoms with van der Waals surface area (Å²) in [6.07, 6.45) is 1.78. The summed E-state index contributed by atoms with van der Waals surface area (Å²) in [6.45, 7) is 2.06. The normalized spacial score (nSPS) is 10.6. The molecule has 1 aromatic carbocycles. The molecule has 5 nitrogen and oxygen atoms in total. The summed E-state index contributed by atoms with van der Waals surface area (Å²) in [7, 11) is 1.27. The Morgan fingerprint density at radius 3 is 2.24 bits per heavy atom. The van der Waals surface area contributed by atoms with Crippen LogP contribution in [0, 0.1) is 6.92 Å². The molecule has 0 saturated heterocycles. The second-order valence-corrected chi connectivity index (χ2v) is 8.27. The van der Waals surface area contributed by atoms with E-state index in [-0.39, 0.29) is 0 Å². The molecule has 17 heavy (non-hydrogen) atoms. The topological polar surface area (TPSA) is 60.0 Å². The predicted molar refractivity (Wildman–Crippen MR) is 77.1 cm³/mol. The van der Waals surface area contributed by atoms with Gasteiger partial charge in [0.15, 0.2) is 0 Å². The van der Waals surface area contributed by atoms with E-state index < -0.39 is 10.0 Å². The molecule has 0 atom stereocenters.